The van der Waals surface area contributed by atoms with Crippen molar-refractivity contribution in [2.45, 2.75) is 0 Å². The zero-order chi connectivity index (χ0) is 45.9. The molecule has 0 amide bonds. The second-order valence-electron chi connectivity index (χ2n) is 18.3. The Hall–Kier alpha value is -9.45. The van der Waals surface area contributed by atoms with E-state index in [9.17, 15) is 0 Å². The molecule has 0 spiro atoms. The first kappa shape index (κ1) is 38.6. The average Bonchev–Trinajstić information content (AvgIpc) is 4.15. The van der Waals surface area contributed by atoms with E-state index in [1.807, 2.05) is 6.07 Å². The fourth-order valence-corrected chi connectivity index (χ4v) is 11.6. The highest BCUT2D eigenvalue weighted by atomic mass is 15.0. The summed E-state index contributed by atoms with van der Waals surface area (Å²) in [5.74, 6) is 0. The number of rotatable bonds is 6. The second-order valence-corrected chi connectivity index (χ2v) is 18.3. The van der Waals surface area contributed by atoms with Crippen LogP contribution in [0.2, 0.25) is 0 Å². The Morgan fingerprint density at radius 2 is 0.657 bits per heavy atom. The Bertz CT molecular complexity index is 4590. The van der Waals surface area contributed by atoms with Crippen LogP contribution < -0.4 is 0 Å². The summed E-state index contributed by atoms with van der Waals surface area (Å²) in [6.45, 7) is 0. The molecule has 0 radical (unpaired) electrons. The SMILES string of the molecule is c1ccc(-c2cccc(-c3cccc(-n4c5ccccc5c5ccc6c(c7ccccc7n6-c6cccc(-n7c8ccccc8c8cc9c(cc87)c7ccccc7n9-c7ccccc7)c6)c54)c3)n2)cc1. The number of fused-ring (bicyclic) bond motifs is 13. The van der Waals surface area contributed by atoms with Crippen molar-refractivity contribution in [1.29, 1.82) is 0 Å². The number of aromatic nitrogens is 5. The normalized spacial score (nSPS) is 12.0. The minimum Gasteiger partial charge on any atom is -0.309 e. The fraction of sp³-hybridized carbons (Fsp3) is 0. The Balaban J connectivity index is 0.949. The van der Waals surface area contributed by atoms with E-state index >= 15 is 0 Å². The summed E-state index contributed by atoms with van der Waals surface area (Å²) in [6, 6.07) is 90.3. The highest BCUT2D eigenvalue weighted by Gasteiger charge is 2.23. The highest BCUT2D eigenvalue weighted by molar-refractivity contribution is 6.26. The van der Waals surface area contributed by atoms with Gasteiger partial charge in [-0.05, 0) is 97.1 Å². The molecule has 0 bridgehead atoms. The molecule has 0 aliphatic rings. The molecule has 5 heterocycles. The van der Waals surface area contributed by atoms with E-state index in [2.05, 4.69) is 261 Å². The molecule has 5 nitrogen and oxygen atoms in total. The van der Waals surface area contributed by atoms with Gasteiger partial charge in [-0.15, -0.1) is 0 Å². The summed E-state index contributed by atoms with van der Waals surface area (Å²) in [4.78, 5) is 5.17. The largest absolute Gasteiger partial charge is 0.309 e. The van der Waals surface area contributed by atoms with Gasteiger partial charge in [-0.2, -0.15) is 0 Å². The molecular weight excluding hydrogens is 851 g/mol. The first-order valence-corrected chi connectivity index (χ1v) is 24.0. The smallest absolute Gasteiger partial charge is 0.0710 e. The summed E-state index contributed by atoms with van der Waals surface area (Å²) in [7, 11) is 0. The molecule has 0 aliphatic heterocycles. The number of nitrogens with zero attached hydrogens (tertiary/aromatic N) is 5. The molecule has 0 aliphatic carbocycles. The van der Waals surface area contributed by atoms with Gasteiger partial charge in [0.1, 0.15) is 0 Å². The molecule has 326 valence electrons. The van der Waals surface area contributed by atoms with Gasteiger partial charge in [0.15, 0.2) is 0 Å². The maximum Gasteiger partial charge on any atom is 0.0710 e. The molecular formula is C65H41N5. The number of benzene rings is 10. The van der Waals surface area contributed by atoms with Crippen LogP contribution in [0.4, 0.5) is 0 Å². The van der Waals surface area contributed by atoms with Crippen LogP contribution in [0, 0.1) is 0 Å². The van der Waals surface area contributed by atoms with E-state index < -0.39 is 0 Å². The third-order valence-electron chi connectivity index (χ3n) is 14.5. The van der Waals surface area contributed by atoms with Crippen LogP contribution in [-0.2, 0) is 0 Å². The van der Waals surface area contributed by atoms with E-state index in [1.165, 1.54) is 76.2 Å². The Kier molecular flexibility index (Phi) is 8.29. The molecule has 0 saturated carbocycles. The monoisotopic (exact) mass is 891 g/mol. The van der Waals surface area contributed by atoms with Crippen molar-refractivity contribution in [2.75, 3.05) is 0 Å². The topological polar surface area (TPSA) is 32.6 Å². The van der Waals surface area contributed by atoms with Crippen LogP contribution in [0.5, 0.6) is 0 Å². The molecule has 10 aromatic carbocycles. The van der Waals surface area contributed by atoms with Gasteiger partial charge in [-0.25, -0.2) is 4.98 Å². The summed E-state index contributed by atoms with van der Waals surface area (Å²) in [5, 5.41) is 9.80. The van der Waals surface area contributed by atoms with Crippen LogP contribution in [0.3, 0.4) is 0 Å². The van der Waals surface area contributed by atoms with Crippen molar-refractivity contribution in [3.63, 3.8) is 0 Å². The van der Waals surface area contributed by atoms with Crippen molar-refractivity contribution in [3.05, 3.63) is 249 Å². The number of pyridine rings is 1. The first-order valence-electron chi connectivity index (χ1n) is 24.0. The molecule has 70 heavy (non-hydrogen) atoms. The van der Waals surface area contributed by atoms with Crippen molar-refractivity contribution in [2.24, 2.45) is 0 Å². The summed E-state index contributed by atoms with van der Waals surface area (Å²) >= 11 is 0. The van der Waals surface area contributed by atoms with Crippen LogP contribution >= 0.6 is 0 Å². The third-order valence-corrected chi connectivity index (χ3v) is 14.5. The average molecular weight is 892 g/mol. The fourth-order valence-electron chi connectivity index (χ4n) is 11.6. The predicted octanol–water partition coefficient (Wildman–Crippen LogP) is 16.8. The minimum atomic E-state index is 0.942. The Morgan fingerprint density at radius 1 is 0.229 bits per heavy atom. The number of hydrogen-bond acceptors (Lipinski definition) is 1. The van der Waals surface area contributed by atoms with Gasteiger partial charge >= 0.3 is 0 Å². The van der Waals surface area contributed by atoms with Gasteiger partial charge in [0.2, 0.25) is 0 Å². The quantitative estimate of drug-likeness (QED) is 0.164. The van der Waals surface area contributed by atoms with Gasteiger partial charge in [0, 0.05) is 77.0 Å². The lowest BCUT2D eigenvalue weighted by molar-refractivity contribution is 1.13. The zero-order valence-electron chi connectivity index (χ0n) is 37.9. The predicted molar refractivity (Wildman–Crippen MR) is 292 cm³/mol. The zero-order valence-corrected chi connectivity index (χ0v) is 37.9. The standard InChI is InChI=1S/C65H41N5/c1-3-18-42(19-4-1)55-30-17-31-56(66-55)43-20-15-23-45(38-43)70-59-34-13-7-26-48(59)51-36-37-61-64(65(51)70)52-29-10-14-35-60(52)68(61)46-24-16-25-47(39-46)69-58-33-12-9-28-50(58)54-40-62-53(41-63(54)69)49-27-8-11-32-57(49)67(62)44-21-5-2-6-22-44/h1-41H. The molecule has 5 heteroatoms. The third kappa shape index (κ3) is 5.63. The van der Waals surface area contributed by atoms with Gasteiger partial charge in [-0.1, -0.05) is 152 Å². The van der Waals surface area contributed by atoms with Crippen molar-refractivity contribution in [3.8, 4) is 45.3 Å². The summed E-state index contributed by atoms with van der Waals surface area (Å²) in [5.41, 5.74) is 18.0. The first-order chi connectivity index (χ1) is 34.7. The van der Waals surface area contributed by atoms with E-state index in [1.54, 1.807) is 0 Å². The molecule has 0 fully saturated rings. The van der Waals surface area contributed by atoms with Crippen LogP contribution in [0.15, 0.2) is 249 Å². The van der Waals surface area contributed by atoms with Gasteiger partial charge in [-0.3, -0.25) is 0 Å². The summed E-state index contributed by atoms with van der Waals surface area (Å²) in [6.07, 6.45) is 0. The molecule has 15 aromatic rings. The van der Waals surface area contributed by atoms with Crippen LogP contribution in [0.1, 0.15) is 0 Å². The van der Waals surface area contributed by atoms with Crippen molar-refractivity contribution in [1.82, 2.24) is 23.3 Å². The molecule has 15 rings (SSSR count). The highest BCUT2D eigenvalue weighted by Crippen LogP contribution is 2.44. The lowest BCUT2D eigenvalue weighted by Crippen LogP contribution is -1.99. The Labute approximate surface area is 402 Å². The maximum atomic E-state index is 5.17. The van der Waals surface area contributed by atoms with Gasteiger partial charge in [0.25, 0.3) is 0 Å². The number of hydrogen-bond donors (Lipinski definition) is 0. The van der Waals surface area contributed by atoms with Crippen molar-refractivity contribution < 1.29 is 0 Å². The lowest BCUT2D eigenvalue weighted by atomic mass is 10.1. The van der Waals surface area contributed by atoms with Crippen molar-refractivity contribution >= 4 is 87.2 Å². The molecule has 0 atom stereocenters. The van der Waals surface area contributed by atoms with E-state index in [0.29, 0.717) is 0 Å². The molecule has 0 N–H and O–H groups in total. The van der Waals surface area contributed by atoms with E-state index in [-0.39, 0.29) is 0 Å². The molecule has 0 unspecified atom stereocenters. The van der Waals surface area contributed by atoms with E-state index in [0.717, 1.165) is 56.3 Å². The minimum absolute atomic E-state index is 0.942. The second kappa shape index (κ2) is 15.0. The van der Waals surface area contributed by atoms with Gasteiger partial charge in [0.05, 0.1) is 55.5 Å². The lowest BCUT2D eigenvalue weighted by Gasteiger charge is -2.13. The summed E-state index contributed by atoms with van der Waals surface area (Å²) < 4.78 is 9.81. The number of para-hydroxylation sites is 5. The molecule has 0 saturated heterocycles. The van der Waals surface area contributed by atoms with Gasteiger partial charge < -0.3 is 18.3 Å². The van der Waals surface area contributed by atoms with Crippen LogP contribution in [-0.4, -0.2) is 23.3 Å². The Morgan fingerprint density at radius 3 is 1.30 bits per heavy atom. The maximum absolute atomic E-state index is 5.17. The molecule has 5 aromatic heterocycles. The van der Waals surface area contributed by atoms with E-state index in [4.69, 9.17) is 4.98 Å². The van der Waals surface area contributed by atoms with Crippen LogP contribution in [0.25, 0.3) is 132 Å².